The van der Waals surface area contributed by atoms with Gasteiger partial charge in [-0.05, 0) is 24.3 Å². The number of hydrogen-bond acceptors (Lipinski definition) is 4. The normalized spacial score (nSPS) is 27.2. The second kappa shape index (κ2) is 3.48. The minimum Gasteiger partial charge on any atom is -0.399 e. The number of amides is 2. The molecular formula is C12H13N3O2. The van der Waals surface area contributed by atoms with E-state index in [0.29, 0.717) is 18.8 Å². The zero-order valence-corrected chi connectivity index (χ0v) is 9.22. The molecule has 2 aliphatic rings. The summed E-state index contributed by atoms with van der Waals surface area (Å²) in [6.45, 7) is 1.21. The Balaban J connectivity index is 1.83. The summed E-state index contributed by atoms with van der Waals surface area (Å²) in [7, 11) is 0. The molecule has 0 radical (unpaired) electrons. The van der Waals surface area contributed by atoms with Gasteiger partial charge in [-0.1, -0.05) is 0 Å². The number of nitrogens with zero attached hydrogens (tertiary/aromatic N) is 1. The van der Waals surface area contributed by atoms with E-state index in [2.05, 4.69) is 10.2 Å². The highest BCUT2D eigenvalue weighted by molar-refractivity contribution is 6.06. The van der Waals surface area contributed by atoms with Crippen molar-refractivity contribution in [3.05, 3.63) is 24.3 Å². The Morgan fingerprint density at radius 3 is 2.12 bits per heavy atom. The fourth-order valence-electron chi connectivity index (χ4n) is 2.54. The van der Waals surface area contributed by atoms with Gasteiger partial charge >= 0.3 is 0 Å². The molecule has 88 valence electrons. The molecule has 5 nitrogen and oxygen atoms in total. The molecule has 2 saturated heterocycles. The average molecular weight is 231 g/mol. The van der Waals surface area contributed by atoms with Crippen LogP contribution in [0.15, 0.2) is 24.3 Å². The number of carbonyl (C=O) groups excluding carboxylic acids is 2. The minimum atomic E-state index is -0.194. The summed E-state index contributed by atoms with van der Waals surface area (Å²) >= 11 is 0. The molecule has 5 heteroatoms. The molecule has 0 unspecified atom stereocenters. The highest BCUT2D eigenvalue weighted by Crippen LogP contribution is 2.32. The number of nitrogen functional groups attached to an aromatic ring is 1. The lowest BCUT2D eigenvalue weighted by Gasteiger charge is -2.19. The molecule has 3 N–H and O–H groups in total. The predicted octanol–water partition coefficient (Wildman–Crippen LogP) is -0.0224. The molecule has 0 spiro atoms. The highest BCUT2D eigenvalue weighted by Gasteiger charge is 2.47. The van der Waals surface area contributed by atoms with Gasteiger partial charge in [0.05, 0.1) is 11.8 Å². The first-order valence-corrected chi connectivity index (χ1v) is 5.60. The van der Waals surface area contributed by atoms with Crippen LogP contribution in [0.5, 0.6) is 0 Å². The first-order chi connectivity index (χ1) is 8.15. The average Bonchev–Trinajstić information content (AvgIpc) is 2.83. The standard InChI is InChI=1S/C12H13N3O2/c13-7-1-3-8(4-2-7)15-5-9-10(6-15)12(17)14-11(9)16/h1-4,9-10H,5-6,13H2,(H,14,16,17)/t9-,10-/m0/s1. The van der Waals surface area contributed by atoms with Gasteiger partial charge in [0.25, 0.3) is 0 Å². The molecule has 0 bridgehead atoms. The molecule has 2 heterocycles. The summed E-state index contributed by atoms with van der Waals surface area (Å²) in [6.07, 6.45) is 0. The quantitative estimate of drug-likeness (QED) is 0.526. The van der Waals surface area contributed by atoms with Gasteiger partial charge in [-0.15, -0.1) is 0 Å². The third-order valence-corrected chi connectivity index (χ3v) is 3.50. The van der Waals surface area contributed by atoms with Gasteiger partial charge in [0, 0.05) is 24.5 Å². The van der Waals surface area contributed by atoms with Crippen LogP contribution in [0.1, 0.15) is 0 Å². The number of benzene rings is 1. The van der Waals surface area contributed by atoms with E-state index >= 15 is 0 Å². The number of nitrogens with two attached hydrogens (primary N) is 1. The van der Waals surface area contributed by atoms with Crippen molar-refractivity contribution in [2.75, 3.05) is 23.7 Å². The first-order valence-electron chi connectivity index (χ1n) is 5.60. The highest BCUT2D eigenvalue weighted by atomic mass is 16.2. The van der Waals surface area contributed by atoms with E-state index in [1.807, 2.05) is 24.3 Å². The molecule has 2 amide bonds. The second-order valence-corrected chi connectivity index (χ2v) is 4.56. The minimum absolute atomic E-state index is 0.141. The number of hydrogen-bond donors (Lipinski definition) is 2. The summed E-state index contributed by atoms with van der Waals surface area (Å²) in [5, 5.41) is 2.38. The summed E-state index contributed by atoms with van der Waals surface area (Å²) in [6, 6.07) is 7.48. The van der Waals surface area contributed by atoms with E-state index < -0.39 is 0 Å². The van der Waals surface area contributed by atoms with Gasteiger partial charge in [-0.2, -0.15) is 0 Å². The van der Waals surface area contributed by atoms with Crippen molar-refractivity contribution in [1.82, 2.24) is 5.32 Å². The van der Waals surface area contributed by atoms with Gasteiger partial charge in [-0.25, -0.2) is 0 Å². The van der Waals surface area contributed by atoms with Crippen LogP contribution < -0.4 is 16.0 Å². The molecule has 2 fully saturated rings. The maximum absolute atomic E-state index is 11.5. The number of rotatable bonds is 1. The Labute approximate surface area is 98.6 Å². The lowest BCUT2D eigenvalue weighted by molar-refractivity contribution is -0.126. The summed E-state index contributed by atoms with van der Waals surface area (Å²) in [5.74, 6) is -0.670. The monoisotopic (exact) mass is 231 g/mol. The molecule has 1 aromatic rings. The number of anilines is 2. The smallest absolute Gasteiger partial charge is 0.232 e. The van der Waals surface area contributed by atoms with Crippen molar-refractivity contribution < 1.29 is 9.59 Å². The molecule has 1 aromatic carbocycles. The topological polar surface area (TPSA) is 75.4 Å². The Kier molecular flexibility index (Phi) is 2.07. The molecule has 0 aliphatic carbocycles. The van der Waals surface area contributed by atoms with Crippen molar-refractivity contribution in [2.45, 2.75) is 0 Å². The third kappa shape index (κ3) is 1.54. The lowest BCUT2D eigenvalue weighted by Crippen LogP contribution is -2.31. The summed E-state index contributed by atoms with van der Waals surface area (Å²) in [4.78, 5) is 25.1. The van der Waals surface area contributed by atoms with Gasteiger partial charge in [-0.3, -0.25) is 14.9 Å². The van der Waals surface area contributed by atoms with Crippen LogP contribution >= 0.6 is 0 Å². The Morgan fingerprint density at radius 1 is 1.06 bits per heavy atom. The van der Waals surface area contributed by atoms with Crippen molar-refractivity contribution in [2.24, 2.45) is 11.8 Å². The van der Waals surface area contributed by atoms with Gasteiger partial charge in [0.15, 0.2) is 0 Å². The lowest BCUT2D eigenvalue weighted by atomic mass is 10.00. The van der Waals surface area contributed by atoms with E-state index in [1.165, 1.54) is 0 Å². The fourth-order valence-corrected chi connectivity index (χ4v) is 2.54. The van der Waals surface area contributed by atoms with Gasteiger partial charge in [0.1, 0.15) is 0 Å². The number of fused-ring (bicyclic) bond motifs is 1. The summed E-state index contributed by atoms with van der Waals surface area (Å²) in [5.41, 5.74) is 7.34. The van der Waals surface area contributed by atoms with Gasteiger partial charge < -0.3 is 10.6 Å². The van der Waals surface area contributed by atoms with E-state index in [9.17, 15) is 9.59 Å². The van der Waals surface area contributed by atoms with E-state index in [-0.39, 0.29) is 23.7 Å². The van der Waals surface area contributed by atoms with E-state index in [4.69, 9.17) is 5.73 Å². The maximum Gasteiger partial charge on any atom is 0.232 e. The summed E-state index contributed by atoms with van der Waals surface area (Å²) < 4.78 is 0. The molecule has 17 heavy (non-hydrogen) atoms. The SMILES string of the molecule is Nc1ccc(N2C[C@@H]3C(=O)NC(=O)[C@H]3C2)cc1. The Morgan fingerprint density at radius 2 is 1.59 bits per heavy atom. The molecule has 3 rings (SSSR count). The zero-order valence-electron chi connectivity index (χ0n) is 9.22. The van der Waals surface area contributed by atoms with Crippen molar-refractivity contribution in [3.8, 4) is 0 Å². The molecule has 0 saturated carbocycles. The van der Waals surface area contributed by atoms with Crippen LogP contribution in [0.4, 0.5) is 11.4 Å². The first kappa shape index (κ1) is 10.1. The largest absolute Gasteiger partial charge is 0.399 e. The van der Waals surface area contributed by atoms with Crippen LogP contribution in [-0.4, -0.2) is 24.9 Å². The van der Waals surface area contributed by atoms with Crippen molar-refractivity contribution in [1.29, 1.82) is 0 Å². The number of carbonyl (C=O) groups is 2. The second-order valence-electron chi connectivity index (χ2n) is 4.56. The maximum atomic E-state index is 11.5. The van der Waals surface area contributed by atoms with Crippen LogP contribution in [0, 0.1) is 11.8 Å². The molecule has 2 atom stereocenters. The molecule has 2 aliphatic heterocycles. The Bertz CT molecular complexity index is 461. The fraction of sp³-hybridized carbons (Fsp3) is 0.333. The predicted molar refractivity (Wildman–Crippen MR) is 63.2 cm³/mol. The van der Waals surface area contributed by atoms with Gasteiger partial charge in [0.2, 0.25) is 11.8 Å². The molecule has 0 aromatic heterocycles. The van der Waals surface area contributed by atoms with E-state index in [0.717, 1.165) is 5.69 Å². The van der Waals surface area contributed by atoms with E-state index in [1.54, 1.807) is 0 Å². The van der Waals surface area contributed by atoms with Crippen LogP contribution in [-0.2, 0) is 9.59 Å². The zero-order chi connectivity index (χ0) is 12.0. The van der Waals surface area contributed by atoms with Crippen LogP contribution in [0.25, 0.3) is 0 Å². The number of nitrogens with one attached hydrogen (secondary N) is 1. The van der Waals surface area contributed by atoms with Crippen molar-refractivity contribution in [3.63, 3.8) is 0 Å². The Hall–Kier alpha value is -2.04. The number of imide groups is 1. The van der Waals surface area contributed by atoms with Crippen LogP contribution in [0.2, 0.25) is 0 Å². The van der Waals surface area contributed by atoms with Crippen LogP contribution in [0.3, 0.4) is 0 Å². The van der Waals surface area contributed by atoms with Crippen molar-refractivity contribution >= 4 is 23.2 Å². The third-order valence-electron chi connectivity index (χ3n) is 3.50. The molecular weight excluding hydrogens is 218 g/mol.